The number of nitriles is 1. The lowest BCUT2D eigenvalue weighted by molar-refractivity contribution is 0.676. The van der Waals surface area contributed by atoms with Crippen LogP contribution in [0.25, 0.3) is 17.1 Å². The molecule has 0 saturated carbocycles. The molecule has 0 fully saturated rings. The summed E-state index contributed by atoms with van der Waals surface area (Å²) >= 11 is 6.33. The second-order valence-electron chi connectivity index (χ2n) is 4.40. The maximum atomic E-state index is 9.18. The fraction of sp³-hybridized carbons (Fsp3) is 0.0769. The summed E-state index contributed by atoms with van der Waals surface area (Å²) in [4.78, 5) is 8.43. The van der Waals surface area contributed by atoms with Gasteiger partial charge in [-0.15, -0.1) is 0 Å². The summed E-state index contributed by atoms with van der Waals surface area (Å²) in [6, 6.07) is 7.71. The van der Waals surface area contributed by atoms with Crippen molar-refractivity contribution in [3.8, 4) is 23.1 Å². The zero-order chi connectivity index (χ0) is 13.7. The molecule has 1 aliphatic heterocycles. The molecule has 3 aromatic rings. The Hall–Kier alpha value is -2.65. The predicted molar refractivity (Wildman–Crippen MR) is 71.4 cm³/mol. The molecule has 1 aliphatic rings. The molecule has 0 unspecified atom stereocenters. The lowest BCUT2D eigenvalue weighted by atomic mass is 10.1. The second kappa shape index (κ2) is 3.92. The molecule has 0 atom stereocenters. The Labute approximate surface area is 118 Å². The van der Waals surface area contributed by atoms with E-state index in [9.17, 15) is 5.26 Å². The summed E-state index contributed by atoms with van der Waals surface area (Å²) in [5.74, 6) is 0.693. The number of benzene rings is 1. The number of rotatable bonds is 0. The van der Waals surface area contributed by atoms with E-state index in [1.54, 1.807) is 11.0 Å². The van der Waals surface area contributed by atoms with Crippen LogP contribution in [0.5, 0.6) is 0 Å². The minimum Gasteiger partial charge on any atom is -0.299 e. The fourth-order valence-electron chi connectivity index (χ4n) is 2.48. The van der Waals surface area contributed by atoms with Gasteiger partial charge < -0.3 is 0 Å². The first-order valence-electron chi connectivity index (χ1n) is 5.93. The van der Waals surface area contributed by atoms with E-state index in [0.29, 0.717) is 23.1 Å². The minimum absolute atomic E-state index is 0.388. The molecule has 6 nitrogen and oxygen atoms in total. The van der Waals surface area contributed by atoms with Gasteiger partial charge in [-0.25, -0.2) is 14.6 Å². The average Bonchev–Trinajstić information content (AvgIpc) is 3.04. The van der Waals surface area contributed by atoms with Gasteiger partial charge in [-0.05, 0) is 12.1 Å². The Morgan fingerprint density at radius 3 is 3.05 bits per heavy atom. The van der Waals surface area contributed by atoms with Crippen LogP contribution < -0.4 is 0 Å². The number of fused-ring (bicyclic) bond motifs is 5. The third-order valence-corrected chi connectivity index (χ3v) is 3.68. The third-order valence-electron chi connectivity index (χ3n) is 3.36. The molecule has 0 saturated heterocycles. The van der Waals surface area contributed by atoms with Crippen LogP contribution in [0.3, 0.4) is 0 Å². The average molecular weight is 283 g/mol. The number of nitrogens with zero attached hydrogens (tertiary/aromatic N) is 6. The van der Waals surface area contributed by atoms with Crippen molar-refractivity contribution in [1.29, 1.82) is 5.26 Å². The number of imidazole rings is 1. The molecule has 3 heterocycles. The highest BCUT2D eigenvalue weighted by atomic mass is 35.5. The summed E-state index contributed by atoms with van der Waals surface area (Å²) in [5, 5.41) is 14.0. The van der Waals surface area contributed by atoms with Gasteiger partial charge in [0.15, 0.2) is 11.5 Å². The van der Waals surface area contributed by atoms with Crippen molar-refractivity contribution in [2.45, 2.75) is 6.54 Å². The maximum Gasteiger partial charge on any atom is 0.163 e. The van der Waals surface area contributed by atoms with Crippen molar-refractivity contribution in [3.63, 3.8) is 0 Å². The zero-order valence-corrected chi connectivity index (χ0v) is 10.9. The van der Waals surface area contributed by atoms with Gasteiger partial charge in [0.1, 0.15) is 18.7 Å². The molecule has 0 N–H and O–H groups in total. The van der Waals surface area contributed by atoms with Crippen LogP contribution in [0.15, 0.2) is 30.9 Å². The molecule has 96 valence electrons. The highest BCUT2D eigenvalue weighted by Gasteiger charge is 2.24. The Bertz CT molecular complexity index is 869. The molecule has 0 bridgehead atoms. The summed E-state index contributed by atoms with van der Waals surface area (Å²) in [6.07, 6.45) is 3.12. The van der Waals surface area contributed by atoms with Crippen LogP contribution in [0.1, 0.15) is 11.4 Å². The lowest BCUT2D eigenvalue weighted by Gasteiger charge is -2.09. The Kier molecular flexibility index (Phi) is 2.20. The highest BCUT2D eigenvalue weighted by Crippen LogP contribution is 2.35. The van der Waals surface area contributed by atoms with Crippen molar-refractivity contribution < 1.29 is 0 Å². The van der Waals surface area contributed by atoms with Crippen molar-refractivity contribution in [2.75, 3.05) is 0 Å². The molecule has 7 heteroatoms. The van der Waals surface area contributed by atoms with Gasteiger partial charge in [0.25, 0.3) is 0 Å². The minimum atomic E-state index is 0.388. The van der Waals surface area contributed by atoms with Crippen LogP contribution in [0.2, 0.25) is 5.02 Å². The van der Waals surface area contributed by atoms with Crippen LogP contribution in [-0.2, 0) is 6.54 Å². The summed E-state index contributed by atoms with van der Waals surface area (Å²) < 4.78 is 3.60. The van der Waals surface area contributed by atoms with Crippen LogP contribution in [-0.4, -0.2) is 24.3 Å². The van der Waals surface area contributed by atoms with Gasteiger partial charge in [0, 0.05) is 0 Å². The van der Waals surface area contributed by atoms with E-state index in [2.05, 4.69) is 21.1 Å². The Morgan fingerprint density at radius 2 is 2.20 bits per heavy atom. The second-order valence-corrected chi connectivity index (χ2v) is 4.80. The largest absolute Gasteiger partial charge is 0.299 e. The molecule has 4 rings (SSSR count). The topological polar surface area (TPSA) is 72.3 Å². The normalized spacial score (nSPS) is 12.0. The van der Waals surface area contributed by atoms with E-state index in [4.69, 9.17) is 11.6 Å². The number of aromatic nitrogens is 5. The van der Waals surface area contributed by atoms with Crippen LogP contribution in [0, 0.1) is 11.3 Å². The van der Waals surface area contributed by atoms with Gasteiger partial charge in [-0.1, -0.05) is 17.7 Å². The first kappa shape index (κ1) is 11.2. The monoisotopic (exact) mass is 282 g/mol. The lowest BCUT2D eigenvalue weighted by Crippen LogP contribution is -2.05. The summed E-state index contributed by atoms with van der Waals surface area (Å²) in [6.45, 7) is 0.434. The van der Waals surface area contributed by atoms with Crippen molar-refractivity contribution >= 4 is 11.6 Å². The van der Waals surface area contributed by atoms with Crippen molar-refractivity contribution in [2.24, 2.45) is 0 Å². The standard InChI is InChI=1S/C13H7ClN6/c14-8-2-1-3-10-12(8)13-16-6-18-20(13)5-11-9(4-15)17-7-19(10)11/h1-3,6-7H,5H2. The molecule has 0 radical (unpaired) electrons. The van der Waals surface area contributed by atoms with E-state index in [1.807, 2.05) is 22.8 Å². The smallest absolute Gasteiger partial charge is 0.163 e. The van der Waals surface area contributed by atoms with Gasteiger partial charge in [-0.2, -0.15) is 10.4 Å². The van der Waals surface area contributed by atoms with Gasteiger partial charge in [0.2, 0.25) is 0 Å². The highest BCUT2D eigenvalue weighted by molar-refractivity contribution is 6.33. The van der Waals surface area contributed by atoms with E-state index in [1.165, 1.54) is 6.33 Å². The van der Waals surface area contributed by atoms with E-state index in [0.717, 1.165) is 16.9 Å². The van der Waals surface area contributed by atoms with Gasteiger partial charge >= 0.3 is 0 Å². The first-order valence-corrected chi connectivity index (χ1v) is 6.31. The molecular weight excluding hydrogens is 276 g/mol. The molecule has 1 aromatic carbocycles. The summed E-state index contributed by atoms with van der Waals surface area (Å²) in [5.41, 5.74) is 2.82. The van der Waals surface area contributed by atoms with Gasteiger partial charge in [-0.3, -0.25) is 4.57 Å². The molecule has 0 amide bonds. The van der Waals surface area contributed by atoms with Gasteiger partial charge in [0.05, 0.1) is 28.5 Å². The molecule has 0 aliphatic carbocycles. The third kappa shape index (κ3) is 1.35. The fourth-order valence-corrected chi connectivity index (χ4v) is 2.73. The van der Waals surface area contributed by atoms with Crippen molar-refractivity contribution in [1.82, 2.24) is 24.3 Å². The zero-order valence-electron chi connectivity index (χ0n) is 10.2. The molecule has 2 aromatic heterocycles. The van der Waals surface area contributed by atoms with Crippen molar-refractivity contribution in [3.05, 3.63) is 47.3 Å². The van der Waals surface area contributed by atoms with E-state index in [-0.39, 0.29) is 0 Å². The molecule has 20 heavy (non-hydrogen) atoms. The van der Waals surface area contributed by atoms with E-state index >= 15 is 0 Å². The molecular formula is C13H7ClN6. The quantitative estimate of drug-likeness (QED) is 0.494. The SMILES string of the molecule is N#Cc1ncn2c1Cn1ncnc1-c1c(Cl)cccc1-2. The number of halogens is 1. The Balaban J connectivity index is 2.15. The van der Waals surface area contributed by atoms with Crippen LogP contribution >= 0.6 is 11.6 Å². The Morgan fingerprint density at radius 1 is 1.30 bits per heavy atom. The number of hydrogen-bond acceptors (Lipinski definition) is 4. The predicted octanol–water partition coefficient (Wildman–Crippen LogP) is 2.02. The molecule has 0 spiro atoms. The summed E-state index contributed by atoms with van der Waals surface area (Å²) in [7, 11) is 0. The number of hydrogen-bond donors (Lipinski definition) is 0. The van der Waals surface area contributed by atoms with Crippen LogP contribution in [0.4, 0.5) is 0 Å². The van der Waals surface area contributed by atoms with E-state index < -0.39 is 0 Å². The first-order chi connectivity index (χ1) is 9.79. The maximum absolute atomic E-state index is 9.18.